The maximum atomic E-state index is 3.85. The van der Waals surface area contributed by atoms with Gasteiger partial charge in [0.15, 0.2) is 0 Å². The minimum Gasteiger partial charge on any atom is -0.313 e. The molecule has 1 aromatic carbocycles. The second-order valence-electron chi connectivity index (χ2n) is 2.65. The normalized spacial score (nSPS) is 9.50. The lowest BCUT2D eigenvalue weighted by Crippen LogP contribution is -1.75. The van der Waals surface area contributed by atoms with Crippen LogP contribution in [0.2, 0.25) is 0 Å². The molecular formula is C12H14N2. The van der Waals surface area contributed by atoms with Crippen molar-refractivity contribution in [2.75, 3.05) is 0 Å². The van der Waals surface area contributed by atoms with Gasteiger partial charge < -0.3 is 4.57 Å². The summed E-state index contributed by atoms with van der Waals surface area (Å²) in [6, 6.07) is 12.0. The number of imidazole rings is 1. The van der Waals surface area contributed by atoms with Gasteiger partial charge in [0.1, 0.15) is 0 Å². The third-order valence-electron chi connectivity index (χ3n) is 1.51. The van der Waals surface area contributed by atoms with Crippen LogP contribution in [-0.2, 0) is 0 Å². The van der Waals surface area contributed by atoms with Crippen molar-refractivity contribution in [2.24, 2.45) is 0 Å². The molecule has 0 spiro atoms. The number of rotatable bonds is 1. The maximum absolute atomic E-state index is 3.85. The highest BCUT2D eigenvalue weighted by molar-refractivity contribution is 5.19. The fraction of sp³-hybridized carbons (Fsp3) is 0.0833. The van der Waals surface area contributed by atoms with Crippen LogP contribution in [0, 0.1) is 0 Å². The van der Waals surface area contributed by atoms with Crippen molar-refractivity contribution in [3.8, 4) is 0 Å². The van der Waals surface area contributed by atoms with Crippen molar-refractivity contribution < 1.29 is 0 Å². The first-order valence-electron chi connectivity index (χ1n) is 4.54. The van der Waals surface area contributed by atoms with Gasteiger partial charge in [-0.05, 0) is 6.92 Å². The monoisotopic (exact) mass is 186 g/mol. The molecule has 0 saturated heterocycles. The lowest BCUT2D eigenvalue weighted by molar-refractivity contribution is 1.13. The predicted octanol–water partition coefficient (Wildman–Crippen LogP) is 3.06. The number of hydrogen-bond donors (Lipinski definition) is 0. The SMILES string of the molecule is CC=Cn1ccnc1.c1ccccc1. The highest BCUT2D eigenvalue weighted by Crippen LogP contribution is 1.84. The topological polar surface area (TPSA) is 17.8 Å². The molecule has 0 aliphatic heterocycles. The first-order valence-corrected chi connectivity index (χ1v) is 4.54. The van der Waals surface area contributed by atoms with E-state index in [4.69, 9.17) is 0 Å². The molecule has 72 valence electrons. The van der Waals surface area contributed by atoms with E-state index in [0.29, 0.717) is 0 Å². The van der Waals surface area contributed by atoms with Crippen LogP contribution >= 0.6 is 0 Å². The predicted molar refractivity (Wildman–Crippen MR) is 59.7 cm³/mol. The van der Waals surface area contributed by atoms with E-state index in [9.17, 15) is 0 Å². The summed E-state index contributed by atoms with van der Waals surface area (Å²) < 4.78 is 1.89. The standard InChI is InChI=1S/C6H8N2.C6H6/c1-2-4-8-5-3-7-6-8;1-2-4-6-5-3-1/h2-6H,1H3;1-6H. The molecule has 0 saturated carbocycles. The minimum atomic E-state index is 1.75. The lowest BCUT2D eigenvalue weighted by Gasteiger charge is -1.83. The second kappa shape index (κ2) is 6.66. The summed E-state index contributed by atoms with van der Waals surface area (Å²) in [5.74, 6) is 0. The fourth-order valence-corrected chi connectivity index (χ4v) is 0.915. The summed E-state index contributed by atoms with van der Waals surface area (Å²) in [6.45, 7) is 1.97. The van der Waals surface area contributed by atoms with Gasteiger partial charge in [-0.15, -0.1) is 0 Å². The molecule has 1 aromatic heterocycles. The number of nitrogens with zero attached hydrogens (tertiary/aromatic N) is 2. The molecule has 0 aliphatic rings. The first kappa shape index (κ1) is 10.3. The van der Waals surface area contributed by atoms with Crippen LogP contribution in [-0.4, -0.2) is 9.55 Å². The van der Waals surface area contributed by atoms with E-state index in [1.807, 2.05) is 66.4 Å². The maximum Gasteiger partial charge on any atom is 0.0986 e. The van der Waals surface area contributed by atoms with Crippen LogP contribution in [0.15, 0.2) is 61.2 Å². The summed E-state index contributed by atoms with van der Waals surface area (Å²) in [4.78, 5) is 3.85. The van der Waals surface area contributed by atoms with Crippen molar-refractivity contribution in [3.05, 3.63) is 61.2 Å². The molecule has 2 aromatic rings. The average Bonchev–Trinajstić information content (AvgIpc) is 2.75. The Morgan fingerprint density at radius 2 is 1.57 bits per heavy atom. The van der Waals surface area contributed by atoms with E-state index in [1.165, 1.54) is 0 Å². The molecule has 2 heteroatoms. The van der Waals surface area contributed by atoms with E-state index < -0.39 is 0 Å². The highest BCUT2D eigenvalue weighted by atomic mass is 15.0. The summed E-state index contributed by atoms with van der Waals surface area (Å²) in [7, 11) is 0. The van der Waals surface area contributed by atoms with Crippen molar-refractivity contribution in [1.82, 2.24) is 9.55 Å². The molecule has 0 radical (unpaired) electrons. The van der Waals surface area contributed by atoms with Crippen LogP contribution in [0.1, 0.15) is 6.92 Å². The quantitative estimate of drug-likeness (QED) is 0.669. The Morgan fingerprint density at radius 3 is 1.93 bits per heavy atom. The minimum absolute atomic E-state index is 1.75. The third-order valence-corrected chi connectivity index (χ3v) is 1.51. The van der Waals surface area contributed by atoms with Crippen LogP contribution < -0.4 is 0 Å². The molecule has 0 fully saturated rings. The van der Waals surface area contributed by atoms with Crippen molar-refractivity contribution in [1.29, 1.82) is 0 Å². The molecule has 0 aliphatic carbocycles. The van der Waals surface area contributed by atoms with Crippen LogP contribution in [0.3, 0.4) is 0 Å². The Morgan fingerprint density at radius 1 is 1.00 bits per heavy atom. The zero-order valence-electron chi connectivity index (χ0n) is 8.25. The number of hydrogen-bond acceptors (Lipinski definition) is 1. The number of allylic oxidation sites excluding steroid dienone is 1. The van der Waals surface area contributed by atoms with Crippen LogP contribution in [0.4, 0.5) is 0 Å². The van der Waals surface area contributed by atoms with Gasteiger partial charge in [-0.1, -0.05) is 42.5 Å². The average molecular weight is 186 g/mol. The van der Waals surface area contributed by atoms with Crippen LogP contribution in [0.25, 0.3) is 6.20 Å². The highest BCUT2D eigenvalue weighted by Gasteiger charge is 1.74. The molecule has 0 amide bonds. The van der Waals surface area contributed by atoms with Crippen LogP contribution in [0.5, 0.6) is 0 Å². The molecular weight excluding hydrogens is 172 g/mol. The molecule has 2 nitrogen and oxygen atoms in total. The van der Waals surface area contributed by atoms with Gasteiger partial charge in [-0.3, -0.25) is 0 Å². The van der Waals surface area contributed by atoms with Gasteiger partial charge in [0.25, 0.3) is 0 Å². The van der Waals surface area contributed by atoms with Crippen molar-refractivity contribution in [3.63, 3.8) is 0 Å². The lowest BCUT2D eigenvalue weighted by atomic mass is 10.4. The Bertz CT molecular complexity index is 309. The fourth-order valence-electron chi connectivity index (χ4n) is 0.915. The van der Waals surface area contributed by atoms with E-state index in [2.05, 4.69) is 4.98 Å². The Kier molecular flexibility index (Phi) is 4.88. The van der Waals surface area contributed by atoms with Crippen molar-refractivity contribution in [2.45, 2.75) is 6.92 Å². The van der Waals surface area contributed by atoms with Gasteiger partial charge in [-0.25, -0.2) is 4.98 Å². The molecule has 0 N–H and O–H groups in total. The van der Waals surface area contributed by atoms with E-state index in [0.717, 1.165) is 0 Å². The third kappa shape index (κ3) is 4.26. The summed E-state index contributed by atoms with van der Waals surface area (Å²) in [5, 5.41) is 0. The molecule has 14 heavy (non-hydrogen) atoms. The number of aromatic nitrogens is 2. The largest absolute Gasteiger partial charge is 0.313 e. The molecule has 0 unspecified atom stereocenters. The molecule has 1 heterocycles. The molecule has 0 bridgehead atoms. The Balaban J connectivity index is 0.000000146. The van der Waals surface area contributed by atoms with Crippen molar-refractivity contribution >= 4 is 6.20 Å². The Labute approximate surface area is 84.5 Å². The summed E-state index contributed by atoms with van der Waals surface area (Å²) in [6.07, 6.45) is 9.29. The zero-order chi connectivity index (χ0) is 10.1. The van der Waals surface area contributed by atoms with E-state index >= 15 is 0 Å². The van der Waals surface area contributed by atoms with Gasteiger partial charge in [0, 0.05) is 18.6 Å². The smallest absolute Gasteiger partial charge is 0.0986 e. The molecule has 0 atom stereocenters. The Hall–Kier alpha value is -1.83. The van der Waals surface area contributed by atoms with E-state index in [1.54, 1.807) is 12.5 Å². The van der Waals surface area contributed by atoms with Gasteiger partial charge in [-0.2, -0.15) is 0 Å². The summed E-state index contributed by atoms with van der Waals surface area (Å²) in [5.41, 5.74) is 0. The van der Waals surface area contributed by atoms with Gasteiger partial charge >= 0.3 is 0 Å². The second-order valence-corrected chi connectivity index (χ2v) is 2.65. The first-order chi connectivity index (χ1) is 6.93. The van der Waals surface area contributed by atoms with E-state index in [-0.39, 0.29) is 0 Å². The zero-order valence-corrected chi connectivity index (χ0v) is 8.25. The van der Waals surface area contributed by atoms with Gasteiger partial charge in [0.05, 0.1) is 6.33 Å². The van der Waals surface area contributed by atoms with Gasteiger partial charge in [0.2, 0.25) is 0 Å². The summed E-state index contributed by atoms with van der Waals surface area (Å²) >= 11 is 0. The molecule has 2 rings (SSSR count). The number of benzene rings is 1.